The molecule has 2 rings (SSSR count). The summed E-state index contributed by atoms with van der Waals surface area (Å²) in [5, 5.41) is 10.6. The quantitative estimate of drug-likeness (QED) is 0.263. The molecule has 0 aliphatic carbocycles. The molecule has 5 heteroatoms. The van der Waals surface area contributed by atoms with E-state index in [1.54, 1.807) is 24.3 Å². The molecule has 25 heavy (non-hydrogen) atoms. The molecule has 130 valence electrons. The van der Waals surface area contributed by atoms with Crippen LogP contribution in [-0.4, -0.2) is 10.9 Å². The molecule has 0 bridgehead atoms. The van der Waals surface area contributed by atoms with Gasteiger partial charge in [-0.15, -0.1) is 0 Å². The van der Waals surface area contributed by atoms with Crippen molar-refractivity contribution in [3.05, 3.63) is 75.3 Å². The zero-order chi connectivity index (χ0) is 18.6. The molecule has 2 aromatic rings. The zero-order valence-corrected chi connectivity index (χ0v) is 14.8. The van der Waals surface area contributed by atoms with Gasteiger partial charge in [0.2, 0.25) is 0 Å². The molecule has 0 heterocycles. The summed E-state index contributed by atoms with van der Waals surface area (Å²) in [6, 6.07) is 11.7. The number of nitro groups is 1. The number of hydrogen-bond donors (Lipinski definition) is 0. The van der Waals surface area contributed by atoms with Crippen molar-refractivity contribution in [3.63, 3.8) is 0 Å². The number of non-ortho nitro benzene ring substituents is 1. The van der Waals surface area contributed by atoms with Crippen molar-refractivity contribution >= 4 is 17.7 Å². The third-order valence-electron chi connectivity index (χ3n) is 3.77. The molecule has 0 aliphatic rings. The highest BCUT2D eigenvalue weighted by molar-refractivity contribution is 5.88. The maximum atomic E-state index is 12.0. The molecule has 0 aromatic heterocycles. The summed E-state index contributed by atoms with van der Waals surface area (Å²) in [4.78, 5) is 22.1. The van der Waals surface area contributed by atoms with Crippen molar-refractivity contribution in [1.82, 2.24) is 0 Å². The summed E-state index contributed by atoms with van der Waals surface area (Å²) in [6.45, 7) is 8.28. The lowest BCUT2D eigenvalue weighted by molar-refractivity contribution is -0.384. The van der Waals surface area contributed by atoms with E-state index in [1.807, 2.05) is 19.1 Å². The van der Waals surface area contributed by atoms with E-state index in [9.17, 15) is 14.9 Å². The lowest BCUT2D eigenvalue weighted by Gasteiger charge is -2.20. The molecule has 0 saturated carbocycles. The second-order valence-corrected chi connectivity index (χ2v) is 6.83. The average Bonchev–Trinajstić information content (AvgIpc) is 2.54. The van der Waals surface area contributed by atoms with Crippen molar-refractivity contribution in [2.75, 3.05) is 0 Å². The smallest absolute Gasteiger partial charge is 0.336 e. The van der Waals surface area contributed by atoms with Crippen LogP contribution in [-0.2, 0) is 10.2 Å². The SMILES string of the molecule is Cc1cc(C(C)(C)C)ccc1OC(=O)/C=C/c1ccc([N+](=O)[O-])cc1. The predicted molar refractivity (Wildman–Crippen MR) is 97.6 cm³/mol. The van der Waals surface area contributed by atoms with Gasteiger partial charge in [0.15, 0.2) is 0 Å². The van der Waals surface area contributed by atoms with E-state index in [4.69, 9.17) is 4.74 Å². The van der Waals surface area contributed by atoms with E-state index in [-0.39, 0.29) is 11.1 Å². The summed E-state index contributed by atoms with van der Waals surface area (Å²) < 4.78 is 5.36. The molecule has 0 unspecified atom stereocenters. The Hall–Kier alpha value is -2.95. The largest absolute Gasteiger partial charge is 0.423 e. The highest BCUT2D eigenvalue weighted by atomic mass is 16.6. The molecule has 0 radical (unpaired) electrons. The first-order valence-corrected chi connectivity index (χ1v) is 7.92. The summed E-state index contributed by atoms with van der Waals surface area (Å²) in [7, 11) is 0. The number of rotatable bonds is 4. The summed E-state index contributed by atoms with van der Waals surface area (Å²) in [5.41, 5.74) is 2.79. The van der Waals surface area contributed by atoms with Crippen LogP contribution in [0, 0.1) is 17.0 Å². The van der Waals surface area contributed by atoms with Gasteiger partial charge in [-0.05, 0) is 53.3 Å². The predicted octanol–water partition coefficient (Wildman–Crippen LogP) is 4.82. The lowest BCUT2D eigenvalue weighted by Crippen LogP contribution is -2.12. The summed E-state index contributed by atoms with van der Waals surface area (Å²) in [5.74, 6) is 0.0244. The van der Waals surface area contributed by atoms with Gasteiger partial charge in [0.1, 0.15) is 5.75 Å². The Balaban J connectivity index is 2.06. The molecule has 2 aromatic carbocycles. The van der Waals surface area contributed by atoms with Crippen LogP contribution < -0.4 is 4.74 Å². The molecule has 0 aliphatic heterocycles. The van der Waals surface area contributed by atoms with Gasteiger partial charge in [0.05, 0.1) is 4.92 Å². The maximum Gasteiger partial charge on any atom is 0.336 e. The molecule has 0 spiro atoms. The van der Waals surface area contributed by atoms with Crippen LogP contribution in [0.2, 0.25) is 0 Å². The summed E-state index contributed by atoms with van der Waals surface area (Å²) >= 11 is 0. The third kappa shape index (κ3) is 5.01. The van der Waals surface area contributed by atoms with Crippen LogP contribution in [0.5, 0.6) is 5.75 Å². The number of nitrogens with zero attached hydrogens (tertiary/aromatic N) is 1. The van der Waals surface area contributed by atoms with E-state index >= 15 is 0 Å². The van der Waals surface area contributed by atoms with Gasteiger partial charge in [0.25, 0.3) is 5.69 Å². The number of ether oxygens (including phenoxy) is 1. The second kappa shape index (κ2) is 7.30. The first kappa shape index (κ1) is 18.4. The molecule has 0 amide bonds. The van der Waals surface area contributed by atoms with Crippen molar-refractivity contribution in [3.8, 4) is 5.75 Å². The van der Waals surface area contributed by atoms with Gasteiger partial charge >= 0.3 is 5.97 Å². The topological polar surface area (TPSA) is 69.4 Å². The minimum absolute atomic E-state index is 0.00860. The van der Waals surface area contributed by atoms with Crippen LogP contribution in [0.3, 0.4) is 0 Å². The first-order chi connectivity index (χ1) is 11.7. The second-order valence-electron chi connectivity index (χ2n) is 6.83. The fraction of sp³-hybridized carbons (Fsp3) is 0.250. The van der Waals surface area contributed by atoms with Crippen LogP contribution in [0.25, 0.3) is 6.08 Å². The minimum Gasteiger partial charge on any atom is -0.423 e. The number of esters is 1. The molecule has 0 fully saturated rings. The Labute approximate surface area is 147 Å². The fourth-order valence-corrected chi connectivity index (χ4v) is 2.24. The van der Waals surface area contributed by atoms with E-state index in [2.05, 4.69) is 20.8 Å². The van der Waals surface area contributed by atoms with Gasteiger partial charge in [-0.3, -0.25) is 10.1 Å². The monoisotopic (exact) mass is 339 g/mol. The van der Waals surface area contributed by atoms with E-state index in [1.165, 1.54) is 23.8 Å². The third-order valence-corrected chi connectivity index (χ3v) is 3.77. The lowest BCUT2D eigenvalue weighted by atomic mass is 9.86. The molecule has 0 atom stereocenters. The van der Waals surface area contributed by atoms with Gasteiger partial charge in [-0.1, -0.05) is 32.9 Å². The summed E-state index contributed by atoms with van der Waals surface area (Å²) in [6.07, 6.45) is 2.86. The van der Waals surface area contributed by atoms with Crippen LogP contribution >= 0.6 is 0 Å². The Kier molecular flexibility index (Phi) is 5.37. The van der Waals surface area contributed by atoms with Gasteiger partial charge in [-0.2, -0.15) is 0 Å². The molecule has 5 nitrogen and oxygen atoms in total. The Morgan fingerprint density at radius 3 is 2.28 bits per heavy atom. The number of hydrogen-bond acceptors (Lipinski definition) is 4. The van der Waals surface area contributed by atoms with Crippen molar-refractivity contribution in [2.24, 2.45) is 0 Å². The van der Waals surface area contributed by atoms with E-state index in [0.29, 0.717) is 11.3 Å². The van der Waals surface area contributed by atoms with Crippen molar-refractivity contribution in [1.29, 1.82) is 0 Å². The number of nitro benzene ring substituents is 1. The number of carbonyl (C=O) groups excluding carboxylic acids is 1. The number of aryl methyl sites for hydroxylation is 1. The van der Waals surface area contributed by atoms with Gasteiger partial charge < -0.3 is 4.74 Å². The first-order valence-electron chi connectivity index (χ1n) is 7.92. The maximum absolute atomic E-state index is 12.0. The van der Waals surface area contributed by atoms with Crippen molar-refractivity contribution < 1.29 is 14.5 Å². The average molecular weight is 339 g/mol. The van der Waals surface area contributed by atoms with Gasteiger partial charge in [-0.25, -0.2) is 4.79 Å². The normalized spacial score (nSPS) is 11.5. The highest BCUT2D eigenvalue weighted by Crippen LogP contribution is 2.27. The molecular formula is C20H21NO4. The Morgan fingerprint density at radius 1 is 1.12 bits per heavy atom. The van der Waals surface area contributed by atoms with Crippen LogP contribution in [0.1, 0.15) is 37.5 Å². The molecule has 0 saturated heterocycles. The van der Waals surface area contributed by atoms with E-state index < -0.39 is 10.9 Å². The van der Waals surface area contributed by atoms with Crippen LogP contribution in [0.4, 0.5) is 5.69 Å². The standard InChI is InChI=1S/C20H21NO4/c1-14-13-16(20(2,3)4)8-11-18(14)25-19(22)12-7-15-5-9-17(10-6-15)21(23)24/h5-13H,1-4H3/b12-7+. The fourth-order valence-electron chi connectivity index (χ4n) is 2.24. The number of carbonyl (C=O) groups is 1. The Bertz CT molecular complexity index is 815. The Morgan fingerprint density at radius 2 is 1.76 bits per heavy atom. The highest BCUT2D eigenvalue weighted by Gasteiger charge is 2.15. The molecular weight excluding hydrogens is 318 g/mol. The minimum atomic E-state index is -0.495. The van der Waals surface area contributed by atoms with Crippen LogP contribution in [0.15, 0.2) is 48.5 Å². The zero-order valence-electron chi connectivity index (χ0n) is 14.8. The van der Waals surface area contributed by atoms with Crippen molar-refractivity contribution in [2.45, 2.75) is 33.1 Å². The van der Waals surface area contributed by atoms with E-state index in [0.717, 1.165) is 5.56 Å². The van der Waals surface area contributed by atoms with Gasteiger partial charge in [0, 0.05) is 18.2 Å². The number of benzene rings is 2. The molecule has 0 N–H and O–H groups in total.